The third kappa shape index (κ3) is 2.97. The fraction of sp³-hybridized carbons (Fsp3) is 0.462. The Morgan fingerprint density at radius 2 is 2.24 bits per heavy atom. The van der Waals surface area contributed by atoms with E-state index in [1.165, 1.54) is 18.2 Å². The van der Waals surface area contributed by atoms with E-state index >= 15 is 0 Å². The second-order valence-corrected chi connectivity index (χ2v) is 5.12. The van der Waals surface area contributed by atoms with Crippen LogP contribution >= 0.6 is 11.6 Å². The lowest BCUT2D eigenvalue weighted by Gasteiger charge is -2.12. The molecule has 2 rings (SSSR count). The Bertz CT molecular complexity index is 435. The van der Waals surface area contributed by atoms with Crippen LogP contribution in [0.5, 0.6) is 0 Å². The van der Waals surface area contributed by atoms with Gasteiger partial charge in [0.05, 0.1) is 5.02 Å². The predicted molar refractivity (Wildman–Crippen MR) is 65.7 cm³/mol. The molecule has 0 aromatic heterocycles. The second kappa shape index (κ2) is 5.05. The Labute approximate surface area is 105 Å². The number of carbonyl (C=O) groups is 1. The molecule has 1 aromatic rings. The highest BCUT2D eigenvalue weighted by Crippen LogP contribution is 2.25. The Morgan fingerprint density at radius 3 is 2.82 bits per heavy atom. The zero-order chi connectivity index (χ0) is 12.4. The first kappa shape index (κ1) is 12.4. The van der Waals surface area contributed by atoms with Gasteiger partial charge in [0, 0.05) is 11.6 Å². The van der Waals surface area contributed by atoms with Crippen molar-refractivity contribution in [2.45, 2.75) is 32.2 Å². The normalized spacial score (nSPS) is 23.7. The fourth-order valence-electron chi connectivity index (χ4n) is 2.24. The molecule has 0 heterocycles. The average molecular weight is 256 g/mol. The Morgan fingerprint density at radius 1 is 1.47 bits per heavy atom. The minimum absolute atomic E-state index is 0.0163. The highest BCUT2D eigenvalue weighted by atomic mass is 35.5. The number of rotatable bonds is 2. The number of carbonyl (C=O) groups excluding carboxylic acids is 1. The minimum Gasteiger partial charge on any atom is -0.349 e. The summed E-state index contributed by atoms with van der Waals surface area (Å²) in [5.74, 6) is -0.0131. The van der Waals surface area contributed by atoms with Crippen LogP contribution in [-0.4, -0.2) is 11.9 Å². The monoisotopic (exact) mass is 255 g/mol. The second-order valence-electron chi connectivity index (χ2n) is 4.72. The van der Waals surface area contributed by atoms with Gasteiger partial charge in [0.1, 0.15) is 5.82 Å². The molecule has 1 aromatic carbocycles. The number of hydrogen-bond donors (Lipinski definition) is 1. The third-order valence-electron chi connectivity index (χ3n) is 3.21. The fourth-order valence-corrected chi connectivity index (χ4v) is 2.42. The van der Waals surface area contributed by atoms with Crippen LogP contribution in [0.3, 0.4) is 0 Å². The van der Waals surface area contributed by atoms with E-state index in [2.05, 4.69) is 12.2 Å². The lowest BCUT2D eigenvalue weighted by Crippen LogP contribution is -2.32. The van der Waals surface area contributed by atoms with Gasteiger partial charge in [-0.25, -0.2) is 4.39 Å². The summed E-state index contributed by atoms with van der Waals surface area (Å²) in [5.41, 5.74) is 0.413. The highest BCUT2D eigenvalue weighted by molar-refractivity contribution is 6.31. The minimum atomic E-state index is -0.502. The van der Waals surface area contributed by atoms with Crippen LogP contribution < -0.4 is 5.32 Å². The van der Waals surface area contributed by atoms with Crippen molar-refractivity contribution in [3.63, 3.8) is 0 Å². The van der Waals surface area contributed by atoms with Crippen LogP contribution in [0.15, 0.2) is 18.2 Å². The molecular weight excluding hydrogens is 241 g/mol. The molecule has 1 amide bonds. The van der Waals surface area contributed by atoms with E-state index in [1.54, 1.807) is 0 Å². The SMILES string of the molecule is CC1CCC(NC(=O)c2ccc(F)c(Cl)c2)C1. The zero-order valence-corrected chi connectivity index (χ0v) is 10.4. The largest absolute Gasteiger partial charge is 0.349 e. The molecule has 17 heavy (non-hydrogen) atoms. The van der Waals surface area contributed by atoms with Crippen molar-refractivity contribution in [1.82, 2.24) is 5.32 Å². The van der Waals surface area contributed by atoms with Crippen molar-refractivity contribution >= 4 is 17.5 Å². The standard InChI is InChI=1S/C13H15ClFNO/c1-8-2-4-10(6-8)16-13(17)9-3-5-12(15)11(14)7-9/h3,5,7-8,10H,2,4,6H2,1H3,(H,16,17). The maximum atomic E-state index is 13.0. The Kier molecular flexibility index (Phi) is 3.67. The number of benzene rings is 1. The van der Waals surface area contributed by atoms with Crippen LogP contribution in [0.25, 0.3) is 0 Å². The molecule has 0 aliphatic heterocycles. The van der Waals surface area contributed by atoms with Crippen LogP contribution in [0.4, 0.5) is 4.39 Å². The van der Waals surface area contributed by atoms with Gasteiger partial charge in [0.15, 0.2) is 0 Å². The van der Waals surface area contributed by atoms with E-state index in [0.717, 1.165) is 19.3 Å². The molecule has 4 heteroatoms. The molecule has 2 nitrogen and oxygen atoms in total. The molecule has 1 aliphatic carbocycles. The van der Waals surface area contributed by atoms with Crippen molar-refractivity contribution in [1.29, 1.82) is 0 Å². The van der Waals surface area contributed by atoms with Gasteiger partial charge >= 0.3 is 0 Å². The number of amides is 1. The first-order valence-corrected chi connectivity index (χ1v) is 6.20. The highest BCUT2D eigenvalue weighted by Gasteiger charge is 2.23. The van der Waals surface area contributed by atoms with Gasteiger partial charge in [-0.05, 0) is 43.4 Å². The molecule has 2 atom stereocenters. The molecule has 0 saturated heterocycles. The number of hydrogen-bond acceptors (Lipinski definition) is 1. The van der Waals surface area contributed by atoms with Crippen molar-refractivity contribution in [3.8, 4) is 0 Å². The van der Waals surface area contributed by atoms with Gasteiger partial charge < -0.3 is 5.32 Å². The predicted octanol–water partition coefficient (Wildman–Crippen LogP) is 3.40. The molecule has 1 saturated carbocycles. The van der Waals surface area contributed by atoms with Crippen LogP contribution in [-0.2, 0) is 0 Å². The van der Waals surface area contributed by atoms with Gasteiger partial charge in [0.25, 0.3) is 5.91 Å². The summed E-state index contributed by atoms with van der Waals surface area (Å²) in [7, 11) is 0. The van der Waals surface area contributed by atoms with E-state index < -0.39 is 5.82 Å². The molecule has 2 unspecified atom stereocenters. The van der Waals surface area contributed by atoms with Crippen LogP contribution in [0.2, 0.25) is 5.02 Å². The van der Waals surface area contributed by atoms with Crippen molar-refractivity contribution in [2.24, 2.45) is 5.92 Å². The quantitative estimate of drug-likeness (QED) is 0.862. The molecule has 1 aliphatic rings. The molecule has 0 spiro atoms. The van der Waals surface area contributed by atoms with Gasteiger partial charge in [-0.15, -0.1) is 0 Å². The van der Waals surface area contributed by atoms with Crippen molar-refractivity contribution in [2.75, 3.05) is 0 Å². The number of nitrogens with one attached hydrogen (secondary N) is 1. The van der Waals surface area contributed by atoms with E-state index in [-0.39, 0.29) is 17.0 Å². The van der Waals surface area contributed by atoms with Gasteiger partial charge in [-0.3, -0.25) is 4.79 Å². The summed E-state index contributed by atoms with van der Waals surface area (Å²) >= 11 is 5.64. The molecule has 92 valence electrons. The van der Waals surface area contributed by atoms with E-state index in [4.69, 9.17) is 11.6 Å². The summed E-state index contributed by atoms with van der Waals surface area (Å²) in [6.07, 6.45) is 3.18. The summed E-state index contributed by atoms with van der Waals surface area (Å²) in [5, 5.41) is 2.94. The lowest BCUT2D eigenvalue weighted by atomic mass is 10.1. The first-order valence-electron chi connectivity index (χ1n) is 5.82. The molecule has 1 fully saturated rings. The smallest absolute Gasteiger partial charge is 0.251 e. The van der Waals surface area contributed by atoms with E-state index in [1.807, 2.05) is 0 Å². The zero-order valence-electron chi connectivity index (χ0n) is 9.67. The first-order chi connectivity index (χ1) is 8.06. The topological polar surface area (TPSA) is 29.1 Å². The van der Waals surface area contributed by atoms with Crippen molar-refractivity contribution < 1.29 is 9.18 Å². The van der Waals surface area contributed by atoms with Gasteiger partial charge in [-0.1, -0.05) is 18.5 Å². The van der Waals surface area contributed by atoms with Crippen LogP contribution in [0.1, 0.15) is 36.5 Å². The van der Waals surface area contributed by atoms with Crippen LogP contribution in [0, 0.1) is 11.7 Å². The maximum Gasteiger partial charge on any atom is 0.251 e. The van der Waals surface area contributed by atoms with Gasteiger partial charge in [0.2, 0.25) is 0 Å². The average Bonchev–Trinajstić information content (AvgIpc) is 2.68. The molecule has 0 bridgehead atoms. The van der Waals surface area contributed by atoms with E-state index in [0.29, 0.717) is 11.5 Å². The summed E-state index contributed by atoms with van der Waals surface area (Å²) < 4.78 is 13.0. The van der Waals surface area contributed by atoms with E-state index in [9.17, 15) is 9.18 Å². The van der Waals surface area contributed by atoms with Gasteiger partial charge in [-0.2, -0.15) is 0 Å². The summed E-state index contributed by atoms with van der Waals surface area (Å²) in [4.78, 5) is 11.9. The molecule has 0 radical (unpaired) electrons. The maximum absolute atomic E-state index is 13.0. The summed E-state index contributed by atoms with van der Waals surface area (Å²) in [6.45, 7) is 2.18. The Hall–Kier alpha value is -1.09. The molecule has 1 N–H and O–H groups in total. The number of halogens is 2. The Balaban J connectivity index is 2.02. The summed E-state index contributed by atoms with van der Waals surface area (Å²) in [6, 6.07) is 4.27. The van der Waals surface area contributed by atoms with Crippen molar-refractivity contribution in [3.05, 3.63) is 34.6 Å². The lowest BCUT2D eigenvalue weighted by molar-refractivity contribution is 0.0937. The third-order valence-corrected chi connectivity index (χ3v) is 3.50. The molecular formula is C13H15ClFNO.